The van der Waals surface area contributed by atoms with E-state index in [0.29, 0.717) is 19.8 Å². The quantitative estimate of drug-likeness (QED) is 0.854. The number of rotatable bonds is 5. The molecule has 0 aliphatic carbocycles. The normalized spacial score (nSPS) is 27.8. The number of morpholine rings is 1. The molecule has 2 fully saturated rings. The fourth-order valence-corrected chi connectivity index (χ4v) is 3.99. The third-order valence-electron chi connectivity index (χ3n) is 5.08. The summed E-state index contributed by atoms with van der Waals surface area (Å²) in [5, 5.41) is 6.16. The smallest absolute Gasteiger partial charge is 0.239 e. The van der Waals surface area contributed by atoms with E-state index >= 15 is 0 Å². The predicted octanol–water partition coefficient (Wildman–Crippen LogP) is 1.77. The molecule has 2 aliphatic heterocycles. The van der Waals surface area contributed by atoms with Crippen LogP contribution in [-0.4, -0.2) is 49.7 Å². The summed E-state index contributed by atoms with van der Waals surface area (Å²) in [4.78, 5) is 14.7. The van der Waals surface area contributed by atoms with Crippen LogP contribution < -0.4 is 10.6 Å². The number of nitrogens with zero attached hydrogens (tertiary/aromatic N) is 1. The van der Waals surface area contributed by atoms with Crippen molar-refractivity contribution in [3.63, 3.8) is 0 Å². The van der Waals surface area contributed by atoms with Crippen LogP contribution in [0.1, 0.15) is 31.4 Å². The van der Waals surface area contributed by atoms with Crippen LogP contribution in [0.15, 0.2) is 24.3 Å². The van der Waals surface area contributed by atoms with Gasteiger partial charge in [0.25, 0.3) is 0 Å². The zero-order chi connectivity index (χ0) is 17.6. The molecule has 2 aliphatic rings. The van der Waals surface area contributed by atoms with Crippen molar-refractivity contribution < 1.29 is 9.53 Å². The third kappa shape index (κ3) is 5.53. The van der Waals surface area contributed by atoms with Crippen molar-refractivity contribution in [2.75, 3.05) is 32.8 Å². The number of carbonyl (C=O) groups excluding carboxylic acids is 1. The van der Waals surface area contributed by atoms with Gasteiger partial charge >= 0.3 is 0 Å². The molecule has 5 heteroatoms. The van der Waals surface area contributed by atoms with Crippen molar-refractivity contribution in [1.29, 1.82) is 0 Å². The Morgan fingerprint density at radius 3 is 2.52 bits per heavy atom. The molecule has 1 aromatic rings. The number of likely N-dealkylation sites (tertiary alicyclic amines) is 1. The Morgan fingerprint density at radius 2 is 1.88 bits per heavy atom. The van der Waals surface area contributed by atoms with Crippen LogP contribution in [0.2, 0.25) is 0 Å². The van der Waals surface area contributed by atoms with Gasteiger partial charge in [-0.05, 0) is 29.4 Å². The minimum Gasteiger partial charge on any atom is -0.378 e. The first-order valence-corrected chi connectivity index (χ1v) is 9.49. The Hall–Kier alpha value is -1.43. The molecular formula is C20H31N3O2. The van der Waals surface area contributed by atoms with Crippen LogP contribution in [-0.2, 0) is 22.6 Å². The van der Waals surface area contributed by atoms with Gasteiger partial charge in [-0.1, -0.05) is 38.1 Å². The van der Waals surface area contributed by atoms with Crippen LogP contribution >= 0.6 is 0 Å². The molecule has 25 heavy (non-hydrogen) atoms. The average Bonchev–Trinajstić information content (AvgIpc) is 2.61. The Kier molecular flexibility index (Phi) is 6.45. The topological polar surface area (TPSA) is 53.6 Å². The zero-order valence-corrected chi connectivity index (χ0v) is 15.5. The number of piperidine rings is 1. The van der Waals surface area contributed by atoms with Gasteiger partial charge in [0.05, 0.1) is 13.2 Å². The monoisotopic (exact) mass is 345 g/mol. The van der Waals surface area contributed by atoms with E-state index in [2.05, 4.69) is 53.6 Å². The largest absolute Gasteiger partial charge is 0.378 e. The molecule has 2 N–H and O–H groups in total. The van der Waals surface area contributed by atoms with Gasteiger partial charge in [-0.25, -0.2) is 0 Å². The first-order valence-electron chi connectivity index (χ1n) is 9.49. The summed E-state index contributed by atoms with van der Waals surface area (Å²) < 4.78 is 5.33. The van der Waals surface area contributed by atoms with Crippen molar-refractivity contribution in [2.45, 2.75) is 39.4 Å². The van der Waals surface area contributed by atoms with Gasteiger partial charge in [0.2, 0.25) is 5.91 Å². The average molecular weight is 345 g/mol. The highest BCUT2D eigenvalue weighted by molar-refractivity contribution is 5.81. The molecule has 138 valence electrons. The lowest BCUT2D eigenvalue weighted by molar-refractivity contribution is -0.126. The highest BCUT2D eigenvalue weighted by atomic mass is 16.5. The second-order valence-corrected chi connectivity index (χ2v) is 7.76. The third-order valence-corrected chi connectivity index (χ3v) is 5.08. The Morgan fingerprint density at radius 1 is 1.20 bits per heavy atom. The maximum absolute atomic E-state index is 12.1. The van der Waals surface area contributed by atoms with Gasteiger partial charge < -0.3 is 15.4 Å². The molecule has 2 heterocycles. The molecule has 1 amide bonds. The van der Waals surface area contributed by atoms with E-state index in [1.807, 2.05) is 0 Å². The number of benzene rings is 1. The number of amides is 1. The summed E-state index contributed by atoms with van der Waals surface area (Å²) in [6.07, 6.45) is 1.34. The molecule has 0 saturated carbocycles. The molecular weight excluding hydrogens is 314 g/mol. The fourth-order valence-electron chi connectivity index (χ4n) is 3.99. The van der Waals surface area contributed by atoms with E-state index in [9.17, 15) is 4.79 Å². The van der Waals surface area contributed by atoms with Gasteiger partial charge in [0, 0.05) is 32.7 Å². The Balaban J connectivity index is 1.46. The number of ether oxygens (including phenoxy) is 1. The highest BCUT2D eigenvalue weighted by Crippen LogP contribution is 2.22. The lowest BCUT2D eigenvalue weighted by Gasteiger charge is -2.35. The molecule has 5 nitrogen and oxygen atoms in total. The standard InChI is InChI=1S/C20H31N3O2/c1-15-9-16(2)12-23(11-15)13-18-5-3-17(4-6-18)10-22-20(24)19-14-25-8-7-21-19/h3-6,15-16,19,21H,7-14H2,1-2H3,(H,22,24). The number of nitrogens with one attached hydrogen (secondary N) is 2. The lowest BCUT2D eigenvalue weighted by atomic mass is 9.91. The SMILES string of the molecule is CC1CC(C)CN(Cc2ccc(CNC(=O)C3COCCN3)cc2)C1. The summed E-state index contributed by atoms with van der Waals surface area (Å²) >= 11 is 0. The lowest BCUT2D eigenvalue weighted by Crippen LogP contribution is -2.51. The van der Waals surface area contributed by atoms with Gasteiger partial charge in [0.1, 0.15) is 6.04 Å². The van der Waals surface area contributed by atoms with Gasteiger partial charge in [-0.15, -0.1) is 0 Å². The molecule has 3 rings (SSSR count). The van der Waals surface area contributed by atoms with Gasteiger partial charge in [0.15, 0.2) is 0 Å². The number of hydrogen-bond acceptors (Lipinski definition) is 4. The molecule has 0 radical (unpaired) electrons. The van der Waals surface area contributed by atoms with Crippen LogP contribution in [0, 0.1) is 11.8 Å². The van der Waals surface area contributed by atoms with E-state index in [4.69, 9.17) is 4.74 Å². The van der Waals surface area contributed by atoms with Crippen molar-refractivity contribution in [1.82, 2.24) is 15.5 Å². The Bertz CT molecular complexity index is 545. The van der Waals surface area contributed by atoms with E-state index in [-0.39, 0.29) is 11.9 Å². The molecule has 0 aromatic heterocycles. The zero-order valence-electron chi connectivity index (χ0n) is 15.5. The van der Waals surface area contributed by atoms with E-state index in [0.717, 1.165) is 30.5 Å². The molecule has 0 bridgehead atoms. The second kappa shape index (κ2) is 8.79. The Labute approximate surface area is 151 Å². The number of hydrogen-bond donors (Lipinski definition) is 2. The maximum Gasteiger partial charge on any atom is 0.239 e. The van der Waals surface area contributed by atoms with Gasteiger partial charge in [-0.3, -0.25) is 9.69 Å². The predicted molar refractivity (Wildman–Crippen MR) is 99.1 cm³/mol. The van der Waals surface area contributed by atoms with Crippen LogP contribution in [0.4, 0.5) is 0 Å². The van der Waals surface area contributed by atoms with E-state index in [1.165, 1.54) is 25.1 Å². The van der Waals surface area contributed by atoms with Crippen LogP contribution in [0.3, 0.4) is 0 Å². The van der Waals surface area contributed by atoms with Crippen molar-refractivity contribution in [3.05, 3.63) is 35.4 Å². The summed E-state index contributed by atoms with van der Waals surface area (Å²) in [5.74, 6) is 1.59. The molecule has 3 unspecified atom stereocenters. The summed E-state index contributed by atoms with van der Waals surface area (Å²) in [5.41, 5.74) is 2.48. The second-order valence-electron chi connectivity index (χ2n) is 7.76. The van der Waals surface area contributed by atoms with Gasteiger partial charge in [-0.2, -0.15) is 0 Å². The molecule has 2 saturated heterocycles. The molecule has 0 spiro atoms. The summed E-state index contributed by atoms with van der Waals surface area (Å²) in [7, 11) is 0. The molecule has 1 aromatic carbocycles. The van der Waals surface area contributed by atoms with Crippen LogP contribution in [0.5, 0.6) is 0 Å². The fraction of sp³-hybridized carbons (Fsp3) is 0.650. The first-order chi connectivity index (χ1) is 12.1. The minimum atomic E-state index is -0.226. The summed E-state index contributed by atoms with van der Waals surface area (Å²) in [6.45, 7) is 10.5. The van der Waals surface area contributed by atoms with E-state index in [1.54, 1.807) is 0 Å². The first kappa shape index (κ1) is 18.4. The maximum atomic E-state index is 12.1. The minimum absolute atomic E-state index is 0.0140. The van der Waals surface area contributed by atoms with Crippen LogP contribution in [0.25, 0.3) is 0 Å². The number of carbonyl (C=O) groups is 1. The van der Waals surface area contributed by atoms with Crippen molar-refractivity contribution in [2.24, 2.45) is 11.8 Å². The van der Waals surface area contributed by atoms with Crippen molar-refractivity contribution in [3.8, 4) is 0 Å². The van der Waals surface area contributed by atoms with E-state index < -0.39 is 0 Å². The van der Waals surface area contributed by atoms with Crippen molar-refractivity contribution >= 4 is 5.91 Å². The summed E-state index contributed by atoms with van der Waals surface area (Å²) in [6, 6.07) is 8.39. The molecule has 3 atom stereocenters. The highest BCUT2D eigenvalue weighted by Gasteiger charge is 2.22.